The zero-order valence-corrected chi connectivity index (χ0v) is 18.8. The molecule has 1 rings (SSSR count). The summed E-state index contributed by atoms with van der Waals surface area (Å²) in [4.78, 5) is 11.7. The average Bonchev–Trinajstić information content (AvgIpc) is 2.48. The molecule has 0 amide bonds. The molecule has 6 heteroatoms. The number of benzene rings is 1. The van der Waals surface area contributed by atoms with Crippen LogP contribution in [-0.2, 0) is 30.6 Å². The molecule has 0 spiro atoms. The van der Waals surface area contributed by atoms with Gasteiger partial charge in [-0.3, -0.25) is 9.00 Å². The van der Waals surface area contributed by atoms with E-state index in [1.54, 1.807) is 0 Å². The summed E-state index contributed by atoms with van der Waals surface area (Å²) in [7, 11) is -1.26. The van der Waals surface area contributed by atoms with Gasteiger partial charge in [0.05, 0.1) is 28.1 Å². The van der Waals surface area contributed by atoms with Gasteiger partial charge in [-0.1, -0.05) is 48.5 Å². The van der Waals surface area contributed by atoms with Crippen LogP contribution in [0.4, 0.5) is 0 Å². The van der Waals surface area contributed by atoms with Gasteiger partial charge in [0.25, 0.3) is 0 Å². The highest BCUT2D eigenvalue weighted by Gasteiger charge is 2.29. The third-order valence-electron chi connectivity index (χ3n) is 4.12. The van der Waals surface area contributed by atoms with Crippen molar-refractivity contribution in [1.82, 2.24) is 0 Å². The summed E-state index contributed by atoms with van der Waals surface area (Å²) in [6.07, 6.45) is 0.706. The fourth-order valence-corrected chi connectivity index (χ4v) is 5.02. The number of aromatic hydroxyl groups is 1. The number of hydrogen-bond acceptors (Lipinski definition) is 5. The Morgan fingerprint density at radius 2 is 1.62 bits per heavy atom. The molecule has 0 aliphatic carbocycles. The van der Waals surface area contributed by atoms with E-state index in [0.717, 1.165) is 23.2 Å². The SMILES string of the molecule is CCC(CSOC(C)=O)S(=O)c1cc(C(C)(C)C)c(O)c(C(C)(C)C)c1. The molecule has 26 heavy (non-hydrogen) atoms. The van der Waals surface area contributed by atoms with Crippen LogP contribution in [0.3, 0.4) is 0 Å². The number of phenols is 1. The van der Waals surface area contributed by atoms with Crippen molar-refractivity contribution in [2.24, 2.45) is 0 Å². The highest BCUT2D eigenvalue weighted by atomic mass is 32.2. The summed E-state index contributed by atoms with van der Waals surface area (Å²) in [6, 6.07) is 3.72. The smallest absolute Gasteiger partial charge is 0.314 e. The molecule has 0 saturated heterocycles. The minimum Gasteiger partial charge on any atom is -0.507 e. The van der Waals surface area contributed by atoms with Crippen LogP contribution >= 0.6 is 12.0 Å². The first-order valence-electron chi connectivity index (χ1n) is 8.87. The van der Waals surface area contributed by atoms with Crippen molar-refractivity contribution in [3.8, 4) is 5.75 Å². The van der Waals surface area contributed by atoms with Gasteiger partial charge in [-0.25, -0.2) is 0 Å². The van der Waals surface area contributed by atoms with Crippen LogP contribution in [0.5, 0.6) is 5.75 Å². The van der Waals surface area contributed by atoms with Crippen LogP contribution in [0.2, 0.25) is 0 Å². The van der Waals surface area contributed by atoms with E-state index in [4.69, 9.17) is 4.18 Å². The Bertz CT molecular complexity index is 634. The quantitative estimate of drug-likeness (QED) is 0.674. The van der Waals surface area contributed by atoms with Crippen molar-refractivity contribution >= 4 is 28.8 Å². The highest BCUT2D eigenvalue weighted by molar-refractivity contribution is 7.96. The molecule has 1 N–H and O–H groups in total. The molecule has 148 valence electrons. The van der Waals surface area contributed by atoms with E-state index < -0.39 is 10.8 Å². The summed E-state index contributed by atoms with van der Waals surface area (Å²) in [5, 5.41) is 10.7. The largest absolute Gasteiger partial charge is 0.507 e. The predicted molar refractivity (Wildman–Crippen MR) is 110 cm³/mol. The molecular formula is C20H32O4S2. The molecule has 0 fully saturated rings. The van der Waals surface area contributed by atoms with Crippen molar-refractivity contribution in [3.63, 3.8) is 0 Å². The van der Waals surface area contributed by atoms with Crippen molar-refractivity contribution in [2.75, 3.05) is 5.75 Å². The molecule has 1 aromatic carbocycles. The van der Waals surface area contributed by atoms with Crippen LogP contribution in [0.15, 0.2) is 17.0 Å². The number of rotatable bonds is 6. The lowest BCUT2D eigenvalue weighted by Crippen LogP contribution is -2.21. The summed E-state index contributed by atoms with van der Waals surface area (Å²) in [6.45, 7) is 15.6. The molecule has 0 heterocycles. The Hall–Kier alpha value is -1.01. The van der Waals surface area contributed by atoms with E-state index in [1.165, 1.54) is 6.92 Å². The molecule has 0 radical (unpaired) electrons. The van der Waals surface area contributed by atoms with Gasteiger partial charge in [0.2, 0.25) is 0 Å². The van der Waals surface area contributed by atoms with Gasteiger partial charge >= 0.3 is 5.97 Å². The van der Waals surface area contributed by atoms with E-state index >= 15 is 0 Å². The Morgan fingerprint density at radius 1 is 1.15 bits per heavy atom. The molecule has 0 bridgehead atoms. The fourth-order valence-electron chi connectivity index (χ4n) is 2.58. The summed E-state index contributed by atoms with van der Waals surface area (Å²) >= 11 is 1.05. The summed E-state index contributed by atoms with van der Waals surface area (Å²) in [5.74, 6) is 0.401. The monoisotopic (exact) mass is 400 g/mol. The Labute approximate surface area is 164 Å². The van der Waals surface area contributed by atoms with Gasteiger partial charge in [-0.05, 0) is 29.4 Å². The van der Waals surface area contributed by atoms with E-state index in [0.29, 0.717) is 17.1 Å². The summed E-state index contributed by atoms with van der Waals surface area (Å²) < 4.78 is 18.1. The fraction of sp³-hybridized carbons (Fsp3) is 0.650. The number of hydrogen-bond donors (Lipinski definition) is 1. The average molecular weight is 401 g/mol. The maximum absolute atomic E-state index is 13.2. The second kappa shape index (κ2) is 8.79. The molecule has 2 unspecified atom stereocenters. The number of phenolic OH excluding ortho intramolecular Hbond substituents is 1. The molecule has 0 aromatic heterocycles. The predicted octanol–water partition coefficient (Wildman–Crippen LogP) is 5.08. The van der Waals surface area contributed by atoms with Gasteiger partial charge in [-0.2, -0.15) is 0 Å². The zero-order chi connectivity index (χ0) is 20.3. The minimum atomic E-state index is -1.26. The molecule has 0 aliphatic rings. The third-order valence-corrected chi connectivity index (χ3v) is 7.03. The maximum atomic E-state index is 13.2. The molecule has 0 aliphatic heterocycles. The van der Waals surface area contributed by atoms with Crippen molar-refractivity contribution in [1.29, 1.82) is 0 Å². The Morgan fingerprint density at radius 3 is 1.96 bits per heavy atom. The first-order chi connectivity index (χ1) is 11.8. The van der Waals surface area contributed by atoms with E-state index in [9.17, 15) is 14.1 Å². The van der Waals surface area contributed by atoms with Crippen molar-refractivity contribution < 1.29 is 18.3 Å². The molecule has 1 aromatic rings. The van der Waals surface area contributed by atoms with Gasteiger partial charge in [-0.15, -0.1) is 0 Å². The molecule has 0 saturated carbocycles. The zero-order valence-electron chi connectivity index (χ0n) is 17.1. The van der Waals surface area contributed by atoms with E-state index in [-0.39, 0.29) is 27.8 Å². The van der Waals surface area contributed by atoms with Gasteiger partial charge < -0.3 is 9.29 Å². The maximum Gasteiger partial charge on any atom is 0.314 e. The van der Waals surface area contributed by atoms with Crippen LogP contribution in [0, 0.1) is 0 Å². The second-order valence-corrected chi connectivity index (χ2v) is 11.0. The molecule has 2 atom stereocenters. The molecular weight excluding hydrogens is 368 g/mol. The van der Waals surface area contributed by atoms with Gasteiger partial charge in [0, 0.05) is 28.7 Å². The number of carbonyl (C=O) groups excluding carboxylic acids is 1. The van der Waals surface area contributed by atoms with Gasteiger partial charge in [0.1, 0.15) is 5.75 Å². The normalized spacial score (nSPS) is 14.8. The Balaban J connectivity index is 3.33. The summed E-state index contributed by atoms with van der Waals surface area (Å²) in [5.41, 5.74) is 1.07. The first kappa shape index (κ1) is 23.0. The number of carbonyl (C=O) groups is 1. The van der Waals surface area contributed by atoms with Crippen molar-refractivity contribution in [3.05, 3.63) is 23.3 Å². The lowest BCUT2D eigenvalue weighted by molar-refractivity contribution is -0.130. The lowest BCUT2D eigenvalue weighted by atomic mass is 9.79. The first-order valence-corrected chi connectivity index (χ1v) is 11.0. The third kappa shape index (κ3) is 6.02. The van der Waals surface area contributed by atoms with Crippen molar-refractivity contribution in [2.45, 2.75) is 82.8 Å². The Kier molecular flexibility index (Phi) is 7.78. The van der Waals surface area contributed by atoms with Gasteiger partial charge in [0.15, 0.2) is 0 Å². The van der Waals surface area contributed by atoms with Crippen LogP contribution in [0.1, 0.15) is 72.9 Å². The molecule has 4 nitrogen and oxygen atoms in total. The lowest BCUT2D eigenvalue weighted by Gasteiger charge is -2.28. The second-order valence-electron chi connectivity index (χ2n) is 8.55. The van der Waals surface area contributed by atoms with Crippen LogP contribution < -0.4 is 0 Å². The van der Waals surface area contributed by atoms with E-state index in [1.807, 2.05) is 60.6 Å². The highest BCUT2D eigenvalue weighted by Crippen LogP contribution is 2.40. The van der Waals surface area contributed by atoms with E-state index in [2.05, 4.69) is 0 Å². The standard InChI is InChI=1S/C20H32O4S2/c1-9-14(12-25-24-13(2)21)26(23)15-10-16(19(3,4)5)18(22)17(11-15)20(6,7)8/h10-11,14,22H,9,12H2,1-8H3. The van der Waals surface area contributed by atoms with Crippen LogP contribution in [0.25, 0.3) is 0 Å². The van der Waals surface area contributed by atoms with Crippen LogP contribution in [-0.4, -0.2) is 26.3 Å². The topological polar surface area (TPSA) is 63.6 Å². The minimum absolute atomic E-state index is 0.135.